The summed E-state index contributed by atoms with van der Waals surface area (Å²) in [5.41, 5.74) is 1.90. The molecule has 0 aromatic heterocycles. The third-order valence-corrected chi connectivity index (χ3v) is 5.56. The van der Waals surface area contributed by atoms with Crippen LogP contribution in [0.25, 0.3) is 0 Å². The van der Waals surface area contributed by atoms with Gasteiger partial charge in [0.25, 0.3) is 5.91 Å². The molecule has 3 rings (SSSR count). The van der Waals surface area contributed by atoms with Crippen LogP contribution in [0.2, 0.25) is 0 Å². The summed E-state index contributed by atoms with van der Waals surface area (Å²) < 4.78 is 0. The summed E-state index contributed by atoms with van der Waals surface area (Å²) in [4.78, 5) is 20.8. The molecule has 0 aromatic rings. The molecule has 1 atom stereocenters. The van der Waals surface area contributed by atoms with Gasteiger partial charge in [0.2, 0.25) is 0 Å². The van der Waals surface area contributed by atoms with Crippen LogP contribution < -0.4 is 0 Å². The maximum absolute atomic E-state index is 12.1. The lowest BCUT2D eigenvalue weighted by Crippen LogP contribution is -2.30. The third kappa shape index (κ3) is 3.35. The van der Waals surface area contributed by atoms with Crippen molar-refractivity contribution in [3.05, 3.63) is 23.8 Å². The Morgan fingerprint density at radius 2 is 2.05 bits per heavy atom. The SMILES string of the molecule is CC1=CC=CC2C(=O)N=C(CSC3CCC(O)CC3)N=C12. The van der Waals surface area contributed by atoms with Crippen LogP contribution >= 0.6 is 11.8 Å². The molecule has 2 aliphatic carbocycles. The van der Waals surface area contributed by atoms with E-state index in [1.54, 1.807) is 0 Å². The number of amidine groups is 1. The molecular formula is C16H20N2O2S. The van der Waals surface area contributed by atoms with Gasteiger partial charge in [-0.3, -0.25) is 4.79 Å². The van der Waals surface area contributed by atoms with E-state index in [2.05, 4.69) is 9.98 Å². The van der Waals surface area contributed by atoms with Gasteiger partial charge in [-0.2, -0.15) is 16.8 Å². The van der Waals surface area contributed by atoms with E-state index in [0.29, 0.717) is 16.8 Å². The fourth-order valence-corrected chi connectivity index (χ4v) is 4.04. The largest absolute Gasteiger partial charge is 0.393 e. The molecule has 112 valence electrons. The molecule has 1 unspecified atom stereocenters. The smallest absolute Gasteiger partial charge is 0.260 e. The first kappa shape index (κ1) is 14.7. The quantitative estimate of drug-likeness (QED) is 0.871. The zero-order chi connectivity index (χ0) is 14.8. The molecule has 0 aromatic carbocycles. The topological polar surface area (TPSA) is 62.0 Å². The third-order valence-electron chi connectivity index (χ3n) is 4.20. The lowest BCUT2D eigenvalue weighted by Gasteiger charge is -2.25. The molecule has 1 saturated carbocycles. The molecule has 1 N–H and O–H groups in total. The Morgan fingerprint density at radius 3 is 2.81 bits per heavy atom. The number of amides is 1. The molecular weight excluding hydrogens is 284 g/mol. The van der Waals surface area contributed by atoms with Crippen LogP contribution in [0, 0.1) is 5.92 Å². The molecule has 0 radical (unpaired) electrons. The monoisotopic (exact) mass is 304 g/mol. The summed E-state index contributed by atoms with van der Waals surface area (Å²) in [5, 5.41) is 10.1. The number of thioether (sulfide) groups is 1. The number of carbonyl (C=O) groups excluding carboxylic acids is 1. The fourth-order valence-electron chi connectivity index (χ4n) is 2.92. The second kappa shape index (κ2) is 6.28. The van der Waals surface area contributed by atoms with Gasteiger partial charge in [-0.1, -0.05) is 18.2 Å². The summed E-state index contributed by atoms with van der Waals surface area (Å²) >= 11 is 1.81. The van der Waals surface area contributed by atoms with Gasteiger partial charge in [-0.25, -0.2) is 4.99 Å². The molecule has 0 saturated heterocycles. The van der Waals surface area contributed by atoms with Gasteiger partial charge in [0.15, 0.2) is 0 Å². The number of aliphatic hydroxyl groups excluding tert-OH is 1. The lowest BCUT2D eigenvalue weighted by atomic mass is 9.91. The van der Waals surface area contributed by atoms with Crippen molar-refractivity contribution in [1.82, 2.24) is 0 Å². The Hall–Kier alpha value is -1.20. The number of nitrogens with zero attached hydrogens (tertiary/aromatic N) is 2. The number of hydrogen-bond acceptors (Lipinski definition) is 4. The molecule has 3 aliphatic rings. The Morgan fingerprint density at radius 1 is 1.29 bits per heavy atom. The molecule has 0 bridgehead atoms. The Labute approximate surface area is 129 Å². The van der Waals surface area contributed by atoms with Gasteiger partial charge < -0.3 is 5.11 Å². The van der Waals surface area contributed by atoms with Crippen molar-refractivity contribution in [3.8, 4) is 0 Å². The number of aliphatic imine (C=N–C) groups is 2. The van der Waals surface area contributed by atoms with Gasteiger partial charge in [-0.05, 0) is 38.2 Å². The van der Waals surface area contributed by atoms with Crippen LogP contribution in [0.5, 0.6) is 0 Å². The van der Waals surface area contributed by atoms with Crippen molar-refractivity contribution in [1.29, 1.82) is 0 Å². The Balaban J connectivity index is 1.63. The first-order chi connectivity index (χ1) is 10.1. The van der Waals surface area contributed by atoms with Crippen LogP contribution in [0.3, 0.4) is 0 Å². The number of hydrogen-bond donors (Lipinski definition) is 1. The van der Waals surface area contributed by atoms with E-state index >= 15 is 0 Å². The molecule has 5 heteroatoms. The zero-order valence-electron chi connectivity index (χ0n) is 12.2. The first-order valence-corrected chi connectivity index (χ1v) is 8.53. The van der Waals surface area contributed by atoms with Crippen molar-refractivity contribution in [2.75, 3.05) is 5.75 Å². The number of rotatable bonds is 3. The molecule has 4 nitrogen and oxygen atoms in total. The Bertz CT molecular complexity index is 555. The second-order valence-electron chi connectivity index (χ2n) is 5.82. The average molecular weight is 304 g/mol. The van der Waals surface area contributed by atoms with Gasteiger partial charge in [0.05, 0.1) is 17.6 Å². The maximum atomic E-state index is 12.1. The number of aliphatic hydroxyl groups is 1. The van der Waals surface area contributed by atoms with Gasteiger partial charge >= 0.3 is 0 Å². The molecule has 1 aliphatic heterocycles. The minimum atomic E-state index is -0.284. The predicted molar refractivity (Wildman–Crippen MR) is 87.0 cm³/mol. The van der Waals surface area contributed by atoms with Crippen molar-refractivity contribution in [3.63, 3.8) is 0 Å². The first-order valence-electron chi connectivity index (χ1n) is 7.48. The number of allylic oxidation sites excluding steroid dienone is 3. The minimum absolute atomic E-state index is 0.0987. The standard InChI is InChI=1S/C16H20N2O2S/c1-10-3-2-4-13-15(10)17-14(18-16(13)20)9-21-12-7-5-11(19)6-8-12/h2-4,11-13,19H,5-9H2,1H3. The summed E-state index contributed by atoms with van der Waals surface area (Å²) in [6.45, 7) is 1.99. The normalized spacial score (nSPS) is 32.2. The second-order valence-corrected chi connectivity index (χ2v) is 7.11. The predicted octanol–water partition coefficient (Wildman–Crippen LogP) is 2.54. The molecule has 0 spiro atoms. The highest BCUT2D eigenvalue weighted by Gasteiger charge is 2.29. The molecule has 1 amide bonds. The summed E-state index contributed by atoms with van der Waals surface area (Å²) in [5.74, 6) is 0.942. The fraction of sp³-hybridized carbons (Fsp3) is 0.562. The molecule has 1 heterocycles. The highest BCUT2D eigenvalue weighted by atomic mass is 32.2. The van der Waals surface area contributed by atoms with Crippen molar-refractivity contribution < 1.29 is 9.90 Å². The van der Waals surface area contributed by atoms with Gasteiger partial charge in [0.1, 0.15) is 11.8 Å². The van der Waals surface area contributed by atoms with E-state index in [1.807, 2.05) is 36.9 Å². The summed E-state index contributed by atoms with van der Waals surface area (Å²) in [6.07, 6.45) is 9.46. The van der Waals surface area contributed by atoms with Crippen LogP contribution in [0.4, 0.5) is 0 Å². The lowest BCUT2D eigenvalue weighted by molar-refractivity contribution is -0.118. The van der Waals surface area contributed by atoms with Crippen LogP contribution in [-0.2, 0) is 4.79 Å². The number of carbonyl (C=O) groups is 1. The molecule has 21 heavy (non-hydrogen) atoms. The summed E-state index contributed by atoms with van der Waals surface area (Å²) in [7, 11) is 0. The van der Waals surface area contributed by atoms with E-state index in [0.717, 1.165) is 37.0 Å². The van der Waals surface area contributed by atoms with Gasteiger partial charge in [-0.15, -0.1) is 0 Å². The van der Waals surface area contributed by atoms with E-state index < -0.39 is 0 Å². The Kier molecular flexibility index (Phi) is 4.40. The van der Waals surface area contributed by atoms with Crippen LogP contribution in [0.15, 0.2) is 33.8 Å². The van der Waals surface area contributed by atoms with Gasteiger partial charge in [0, 0.05) is 5.25 Å². The van der Waals surface area contributed by atoms with E-state index in [-0.39, 0.29) is 17.9 Å². The maximum Gasteiger partial charge on any atom is 0.260 e. The van der Waals surface area contributed by atoms with Crippen LogP contribution in [-0.4, -0.2) is 39.7 Å². The summed E-state index contributed by atoms with van der Waals surface area (Å²) in [6, 6.07) is 0. The van der Waals surface area contributed by atoms with E-state index in [9.17, 15) is 9.90 Å². The zero-order valence-corrected chi connectivity index (χ0v) is 13.0. The average Bonchev–Trinajstić information content (AvgIpc) is 2.48. The number of fused-ring (bicyclic) bond motifs is 1. The van der Waals surface area contributed by atoms with Crippen LogP contribution in [0.1, 0.15) is 32.6 Å². The van der Waals surface area contributed by atoms with E-state index in [1.165, 1.54) is 0 Å². The molecule has 1 fully saturated rings. The minimum Gasteiger partial charge on any atom is -0.393 e. The highest BCUT2D eigenvalue weighted by Crippen LogP contribution is 2.29. The van der Waals surface area contributed by atoms with Crippen molar-refractivity contribution in [2.24, 2.45) is 15.9 Å². The van der Waals surface area contributed by atoms with Crippen molar-refractivity contribution in [2.45, 2.75) is 44.0 Å². The highest BCUT2D eigenvalue weighted by molar-refractivity contribution is 8.00. The van der Waals surface area contributed by atoms with Crippen molar-refractivity contribution >= 4 is 29.2 Å². The van der Waals surface area contributed by atoms with E-state index in [4.69, 9.17) is 0 Å².